The van der Waals surface area contributed by atoms with Crippen LogP contribution in [0.3, 0.4) is 0 Å². The molecule has 120 valence electrons. The molecule has 3 aromatic rings. The van der Waals surface area contributed by atoms with Gasteiger partial charge in [0.1, 0.15) is 5.75 Å². The Morgan fingerprint density at radius 3 is 2.83 bits per heavy atom. The van der Waals surface area contributed by atoms with Crippen molar-refractivity contribution < 1.29 is 9.53 Å². The Kier molecular flexibility index (Phi) is 4.81. The molecule has 0 aliphatic rings. The van der Waals surface area contributed by atoms with Gasteiger partial charge in [0.05, 0.1) is 29.5 Å². The van der Waals surface area contributed by atoms with Gasteiger partial charge >= 0.3 is 0 Å². The van der Waals surface area contributed by atoms with Crippen molar-refractivity contribution in [1.29, 1.82) is 0 Å². The van der Waals surface area contributed by atoms with E-state index in [4.69, 9.17) is 4.74 Å². The van der Waals surface area contributed by atoms with Crippen molar-refractivity contribution in [2.75, 3.05) is 11.9 Å². The summed E-state index contributed by atoms with van der Waals surface area (Å²) in [5.41, 5.74) is 2.93. The summed E-state index contributed by atoms with van der Waals surface area (Å²) in [5.74, 6) is 0.485. The number of ether oxygens (including phenoxy) is 1. The maximum Gasteiger partial charge on any atom is 0.248 e. The molecule has 1 amide bonds. The predicted molar refractivity (Wildman–Crippen MR) is 94.8 cm³/mol. The Bertz CT molecular complexity index is 890. The Balaban J connectivity index is 1.69. The number of fused-ring (bicyclic) bond motifs is 1. The summed E-state index contributed by atoms with van der Waals surface area (Å²) in [6.45, 7) is 2.50. The van der Waals surface area contributed by atoms with Crippen molar-refractivity contribution in [1.82, 2.24) is 9.97 Å². The van der Waals surface area contributed by atoms with Crippen molar-refractivity contribution >= 4 is 28.7 Å². The lowest BCUT2D eigenvalue weighted by molar-refractivity contribution is -0.111. The largest absolute Gasteiger partial charge is 0.494 e. The molecule has 0 saturated heterocycles. The quantitative estimate of drug-likeness (QED) is 0.729. The molecule has 0 atom stereocenters. The molecule has 5 heteroatoms. The first-order chi connectivity index (χ1) is 11.7. The van der Waals surface area contributed by atoms with E-state index < -0.39 is 0 Å². The molecule has 3 rings (SSSR count). The van der Waals surface area contributed by atoms with Gasteiger partial charge in [-0.25, -0.2) is 4.98 Å². The number of para-hydroxylation sites is 2. The van der Waals surface area contributed by atoms with E-state index >= 15 is 0 Å². The SMILES string of the molecule is CCOc1cccc(NC(=O)/C=C/c2cnc3ccccc3n2)c1. The minimum atomic E-state index is -0.237. The van der Waals surface area contributed by atoms with Crippen LogP contribution < -0.4 is 10.1 Å². The van der Waals surface area contributed by atoms with Crippen LogP contribution in [0.1, 0.15) is 12.6 Å². The molecule has 1 heterocycles. The van der Waals surface area contributed by atoms with Crippen LogP contribution in [0.15, 0.2) is 60.8 Å². The van der Waals surface area contributed by atoms with Gasteiger partial charge in [0.2, 0.25) is 5.91 Å². The lowest BCUT2D eigenvalue weighted by Crippen LogP contribution is -2.07. The number of aromatic nitrogens is 2. The van der Waals surface area contributed by atoms with E-state index in [0.29, 0.717) is 18.0 Å². The van der Waals surface area contributed by atoms with Crippen molar-refractivity contribution in [2.24, 2.45) is 0 Å². The first kappa shape index (κ1) is 15.7. The monoisotopic (exact) mass is 319 g/mol. The summed E-state index contributed by atoms with van der Waals surface area (Å²) < 4.78 is 5.41. The van der Waals surface area contributed by atoms with Crippen LogP contribution in [0.4, 0.5) is 5.69 Å². The minimum absolute atomic E-state index is 0.237. The van der Waals surface area contributed by atoms with Gasteiger partial charge in [0, 0.05) is 17.8 Å². The number of hydrogen-bond donors (Lipinski definition) is 1. The van der Waals surface area contributed by atoms with Gasteiger partial charge in [0.15, 0.2) is 0 Å². The van der Waals surface area contributed by atoms with Gasteiger partial charge in [-0.1, -0.05) is 18.2 Å². The van der Waals surface area contributed by atoms with E-state index in [9.17, 15) is 4.79 Å². The highest BCUT2D eigenvalue weighted by molar-refractivity contribution is 6.01. The fourth-order valence-electron chi connectivity index (χ4n) is 2.23. The summed E-state index contributed by atoms with van der Waals surface area (Å²) in [5, 5.41) is 2.79. The molecule has 5 nitrogen and oxygen atoms in total. The zero-order chi connectivity index (χ0) is 16.8. The third kappa shape index (κ3) is 3.95. The van der Waals surface area contributed by atoms with Crippen LogP contribution in [0, 0.1) is 0 Å². The molecule has 0 spiro atoms. The minimum Gasteiger partial charge on any atom is -0.494 e. The maximum atomic E-state index is 12.0. The molecule has 0 aliphatic heterocycles. The zero-order valence-corrected chi connectivity index (χ0v) is 13.3. The van der Waals surface area contributed by atoms with Crippen molar-refractivity contribution in [3.63, 3.8) is 0 Å². The van der Waals surface area contributed by atoms with Gasteiger partial charge in [-0.05, 0) is 37.3 Å². The van der Waals surface area contributed by atoms with Crippen molar-refractivity contribution in [3.8, 4) is 5.75 Å². The third-order valence-corrected chi connectivity index (χ3v) is 3.29. The fraction of sp³-hybridized carbons (Fsp3) is 0.105. The summed E-state index contributed by atoms with van der Waals surface area (Å²) >= 11 is 0. The molecule has 1 aromatic heterocycles. The summed E-state index contributed by atoms with van der Waals surface area (Å²) in [6.07, 6.45) is 4.72. The van der Waals surface area contributed by atoms with Gasteiger partial charge in [-0.15, -0.1) is 0 Å². The summed E-state index contributed by atoms with van der Waals surface area (Å²) in [6, 6.07) is 14.9. The molecule has 0 bridgehead atoms. The number of anilines is 1. The van der Waals surface area contributed by atoms with E-state index in [1.165, 1.54) is 6.08 Å². The second-order valence-electron chi connectivity index (χ2n) is 5.07. The first-order valence-corrected chi connectivity index (χ1v) is 7.68. The third-order valence-electron chi connectivity index (χ3n) is 3.29. The van der Waals surface area contributed by atoms with Crippen LogP contribution in [-0.2, 0) is 4.79 Å². The average Bonchev–Trinajstić information content (AvgIpc) is 2.60. The second-order valence-corrected chi connectivity index (χ2v) is 5.07. The fourth-order valence-corrected chi connectivity index (χ4v) is 2.23. The highest BCUT2D eigenvalue weighted by Gasteiger charge is 2.01. The van der Waals surface area contributed by atoms with Gasteiger partial charge in [-0.2, -0.15) is 0 Å². The number of rotatable bonds is 5. The molecule has 0 radical (unpaired) electrons. The number of carbonyl (C=O) groups excluding carboxylic acids is 1. The molecule has 0 aliphatic carbocycles. The highest BCUT2D eigenvalue weighted by atomic mass is 16.5. The van der Waals surface area contributed by atoms with Crippen molar-refractivity contribution in [3.05, 3.63) is 66.5 Å². The average molecular weight is 319 g/mol. The van der Waals surface area contributed by atoms with E-state index in [1.807, 2.05) is 49.4 Å². The Morgan fingerprint density at radius 2 is 2.00 bits per heavy atom. The van der Waals surface area contributed by atoms with Crippen molar-refractivity contribution in [2.45, 2.75) is 6.92 Å². The number of hydrogen-bond acceptors (Lipinski definition) is 4. The molecular weight excluding hydrogens is 302 g/mol. The van der Waals surface area contributed by atoms with E-state index in [-0.39, 0.29) is 5.91 Å². The molecule has 24 heavy (non-hydrogen) atoms. The molecular formula is C19H17N3O2. The highest BCUT2D eigenvalue weighted by Crippen LogP contribution is 2.17. The lowest BCUT2D eigenvalue weighted by Gasteiger charge is -2.06. The molecule has 0 saturated carbocycles. The summed E-state index contributed by atoms with van der Waals surface area (Å²) in [4.78, 5) is 20.8. The topological polar surface area (TPSA) is 64.1 Å². The van der Waals surface area contributed by atoms with Gasteiger partial charge < -0.3 is 10.1 Å². The zero-order valence-electron chi connectivity index (χ0n) is 13.3. The van der Waals surface area contributed by atoms with Crippen LogP contribution in [-0.4, -0.2) is 22.5 Å². The lowest BCUT2D eigenvalue weighted by atomic mass is 10.2. The Labute approximate surface area is 140 Å². The normalized spacial score (nSPS) is 10.9. The van der Waals surface area contributed by atoms with E-state index in [2.05, 4.69) is 15.3 Å². The first-order valence-electron chi connectivity index (χ1n) is 7.68. The smallest absolute Gasteiger partial charge is 0.248 e. The van der Waals surface area contributed by atoms with Crippen LogP contribution >= 0.6 is 0 Å². The van der Waals surface area contributed by atoms with Crippen LogP contribution in [0.2, 0.25) is 0 Å². The Hall–Kier alpha value is -3.21. The second kappa shape index (κ2) is 7.37. The van der Waals surface area contributed by atoms with Gasteiger partial charge in [-0.3, -0.25) is 9.78 Å². The standard InChI is InChI=1S/C19H17N3O2/c1-2-24-16-7-5-6-14(12-16)22-19(23)11-10-15-13-20-17-8-3-4-9-18(17)21-15/h3-13H,2H2,1H3,(H,22,23)/b11-10+. The number of benzene rings is 2. The Morgan fingerprint density at radius 1 is 1.17 bits per heavy atom. The summed E-state index contributed by atoms with van der Waals surface area (Å²) in [7, 11) is 0. The molecule has 2 aromatic carbocycles. The molecule has 1 N–H and O–H groups in total. The molecule has 0 fully saturated rings. The maximum absolute atomic E-state index is 12.0. The van der Waals surface area contributed by atoms with Crippen LogP contribution in [0.5, 0.6) is 5.75 Å². The number of nitrogens with one attached hydrogen (secondary N) is 1. The van der Waals surface area contributed by atoms with E-state index in [1.54, 1.807) is 18.3 Å². The van der Waals surface area contributed by atoms with Crippen LogP contribution in [0.25, 0.3) is 17.1 Å². The predicted octanol–water partition coefficient (Wildman–Crippen LogP) is 3.68. The van der Waals surface area contributed by atoms with Gasteiger partial charge in [0.25, 0.3) is 0 Å². The molecule has 0 unspecified atom stereocenters. The van der Waals surface area contributed by atoms with E-state index in [0.717, 1.165) is 16.8 Å². The number of amides is 1. The number of carbonyl (C=O) groups is 1. The number of nitrogens with zero attached hydrogens (tertiary/aromatic N) is 2.